The van der Waals surface area contributed by atoms with Crippen LogP contribution in [0, 0.1) is 10.1 Å². The quantitative estimate of drug-likeness (QED) is 0.367. The van der Waals surface area contributed by atoms with Crippen LogP contribution in [-0.2, 0) is 0 Å². The lowest BCUT2D eigenvalue weighted by Crippen LogP contribution is -1.93. The molecule has 0 fully saturated rings. The van der Waals surface area contributed by atoms with Crippen LogP contribution in [0.3, 0.4) is 0 Å². The van der Waals surface area contributed by atoms with Crippen LogP contribution < -0.4 is 5.43 Å². The van der Waals surface area contributed by atoms with E-state index in [0.717, 1.165) is 0 Å². The van der Waals surface area contributed by atoms with E-state index in [9.17, 15) is 10.1 Å². The summed E-state index contributed by atoms with van der Waals surface area (Å²) in [6, 6.07) is 9.03. The smallest absolute Gasteiger partial charge is 0.269 e. The number of nitro groups is 1. The molecule has 0 saturated carbocycles. The van der Waals surface area contributed by atoms with Crippen LogP contribution in [0.4, 0.5) is 11.4 Å². The second-order valence-electron chi connectivity index (χ2n) is 3.93. The highest BCUT2D eigenvalue weighted by Gasteiger charge is 2.07. The van der Waals surface area contributed by atoms with E-state index < -0.39 is 4.92 Å². The van der Waals surface area contributed by atoms with Gasteiger partial charge in [-0.3, -0.25) is 15.5 Å². The highest BCUT2D eigenvalue weighted by Crippen LogP contribution is 2.30. The van der Waals surface area contributed by atoms with Crippen LogP contribution in [0.2, 0.25) is 15.1 Å². The molecule has 2 aromatic rings. The Kier molecular flexibility index (Phi) is 5.01. The van der Waals surface area contributed by atoms with E-state index in [4.69, 9.17) is 34.8 Å². The van der Waals surface area contributed by atoms with Gasteiger partial charge in [-0.1, -0.05) is 34.8 Å². The van der Waals surface area contributed by atoms with Crippen molar-refractivity contribution in [3.8, 4) is 0 Å². The van der Waals surface area contributed by atoms with Crippen LogP contribution in [0.5, 0.6) is 0 Å². The van der Waals surface area contributed by atoms with Gasteiger partial charge in [-0.25, -0.2) is 0 Å². The highest BCUT2D eigenvalue weighted by atomic mass is 35.5. The van der Waals surface area contributed by atoms with Crippen LogP contribution in [-0.4, -0.2) is 11.1 Å². The summed E-state index contributed by atoms with van der Waals surface area (Å²) < 4.78 is 0. The molecule has 0 atom stereocenters. The molecule has 0 unspecified atom stereocenters. The Balaban J connectivity index is 2.13. The van der Waals surface area contributed by atoms with Crippen LogP contribution in [0.25, 0.3) is 0 Å². The van der Waals surface area contributed by atoms with Gasteiger partial charge in [0.05, 0.1) is 31.9 Å². The summed E-state index contributed by atoms with van der Waals surface area (Å²) in [7, 11) is 0. The summed E-state index contributed by atoms with van der Waals surface area (Å²) in [5.41, 5.74) is 3.80. The number of halogens is 3. The van der Waals surface area contributed by atoms with E-state index in [1.165, 1.54) is 30.5 Å². The number of non-ortho nitro benzene ring substituents is 1. The molecule has 0 amide bonds. The van der Waals surface area contributed by atoms with Crippen molar-refractivity contribution in [2.75, 3.05) is 5.43 Å². The molecular weight excluding hydrogens is 337 g/mol. The number of nitro benzene ring substituents is 1. The lowest BCUT2D eigenvalue weighted by Gasteiger charge is -2.04. The monoisotopic (exact) mass is 343 g/mol. The van der Waals surface area contributed by atoms with Crippen molar-refractivity contribution in [3.05, 3.63) is 67.1 Å². The third-order valence-electron chi connectivity index (χ3n) is 2.54. The Hall–Kier alpha value is -1.82. The van der Waals surface area contributed by atoms with E-state index in [1.807, 2.05) is 0 Å². The fourth-order valence-electron chi connectivity index (χ4n) is 1.49. The van der Waals surface area contributed by atoms with E-state index in [-0.39, 0.29) is 5.69 Å². The first-order chi connectivity index (χ1) is 9.99. The predicted molar refractivity (Wildman–Crippen MR) is 85.8 cm³/mol. The van der Waals surface area contributed by atoms with Gasteiger partial charge in [0.2, 0.25) is 0 Å². The molecule has 0 heterocycles. The molecule has 8 heteroatoms. The van der Waals surface area contributed by atoms with Gasteiger partial charge >= 0.3 is 0 Å². The van der Waals surface area contributed by atoms with E-state index in [0.29, 0.717) is 26.3 Å². The summed E-state index contributed by atoms with van der Waals surface area (Å²) in [4.78, 5) is 10.1. The van der Waals surface area contributed by atoms with Gasteiger partial charge in [0.1, 0.15) is 0 Å². The molecule has 0 aliphatic rings. The van der Waals surface area contributed by atoms with Gasteiger partial charge in [0.25, 0.3) is 5.69 Å². The van der Waals surface area contributed by atoms with Crippen molar-refractivity contribution in [2.24, 2.45) is 5.10 Å². The fourth-order valence-corrected chi connectivity index (χ4v) is 2.12. The molecule has 0 saturated heterocycles. The first-order valence-corrected chi connectivity index (χ1v) is 6.79. The lowest BCUT2D eigenvalue weighted by atomic mass is 10.2. The number of rotatable bonds is 4. The Morgan fingerprint density at radius 3 is 2.29 bits per heavy atom. The third kappa shape index (κ3) is 3.85. The molecule has 0 bridgehead atoms. The molecule has 2 aromatic carbocycles. The number of nitrogens with zero attached hydrogens (tertiary/aromatic N) is 2. The Labute approximate surface area is 135 Å². The zero-order chi connectivity index (χ0) is 15.4. The third-order valence-corrected chi connectivity index (χ3v) is 3.69. The van der Waals surface area contributed by atoms with Gasteiger partial charge in [-0.15, -0.1) is 0 Å². The van der Waals surface area contributed by atoms with Crippen LogP contribution >= 0.6 is 34.8 Å². The van der Waals surface area contributed by atoms with Crippen molar-refractivity contribution < 1.29 is 4.92 Å². The zero-order valence-corrected chi connectivity index (χ0v) is 12.7. The number of benzene rings is 2. The topological polar surface area (TPSA) is 67.5 Å². The molecule has 5 nitrogen and oxygen atoms in total. The minimum absolute atomic E-state index is 0.00506. The highest BCUT2D eigenvalue weighted by molar-refractivity contribution is 6.45. The summed E-state index contributed by atoms with van der Waals surface area (Å²) in [5.74, 6) is 0. The van der Waals surface area contributed by atoms with Crippen molar-refractivity contribution in [1.82, 2.24) is 0 Å². The minimum atomic E-state index is -0.474. The summed E-state index contributed by atoms with van der Waals surface area (Å²) in [6.07, 6.45) is 1.43. The predicted octanol–water partition coefficient (Wildman–Crippen LogP) is 5.00. The second kappa shape index (κ2) is 6.76. The molecule has 2 rings (SSSR count). The average molecular weight is 345 g/mol. The lowest BCUT2D eigenvalue weighted by molar-refractivity contribution is -0.384. The largest absolute Gasteiger partial charge is 0.278 e. The molecule has 0 aliphatic carbocycles. The molecule has 0 aliphatic heterocycles. The summed E-state index contributed by atoms with van der Waals surface area (Å²) >= 11 is 17.9. The van der Waals surface area contributed by atoms with E-state index in [2.05, 4.69) is 10.5 Å². The second-order valence-corrected chi connectivity index (χ2v) is 5.12. The van der Waals surface area contributed by atoms with Crippen LogP contribution in [0.15, 0.2) is 41.5 Å². The number of hydrogen-bond acceptors (Lipinski definition) is 4. The van der Waals surface area contributed by atoms with E-state index >= 15 is 0 Å². The van der Waals surface area contributed by atoms with Crippen molar-refractivity contribution in [3.63, 3.8) is 0 Å². The maximum absolute atomic E-state index is 10.5. The van der Waals surface area contributed by atoms with Gasteiger partial charge in [-0.2, -0.15) is 5.10 Å². The first-order valence-electron chi connectivity index (χ1n) is 5.66. The minimum Gasteiger partial charge on any atom is -0.278 e. The standard InChI is InChI=1S/C13H8Cl3N3O2/c14-11-5-6-12(15)13(16)10(11)7-17-18-8-1-3-9(4-2-8)19(20)21/h1-7,18H/b17-7+. The molecule has 1 N–H and O–H groups in total. The Morgan fingerprint density at radius 1 is 1.05 bits per heavy atom. The average Bonchev–Trinajstić information content (AvgIpc) is 2.47. The molecule has 0 radical (unpaired) electrons. The van der Waals surface area contributed by atoms with Crippen molar-refractivity contribution in [2.45, 2.75) is 0 Å². The Morgan fingerprint density at radius 2 is 1.67 bits per heavy atom. The maximum atomic E-state index is 10.5. The number of anilines is 1. The number of nitrogens with one attached hydrogen (secondary N) is 1. The molecule has 0 aromatic heterocycles. The summed E-state index contributed by atoms with van der Waals surface area (Å²) in [6.45, 7) is 0. The zero-order valence-electron chi connectivity index (χ0n) is 10.4. The fraction of sp³-hybridized carbons (Fsp3) is 0. The van der Waals surface area contributed by atoms with Gasteiger partial charge in [0.15, 0.2) is 0 Å². The molecule has 108 valence electrons. The molecule has 0 spiro atoms. The first kappa shape index (κ1) is 15.6. The maximum Gasteiger partial charge on any atom is 0.269 e. The summed E-state index contributed by atoms with van der Waals surface area (Å²) in [5, 5.41) is 15.6. The number of hydrazone groups is 1. The molecule has 21 heavy (non-hydrogen) atoms. The van der Waals surface area contributed by atoms with Gasteiger partial charge in [0, 0.05) is 17.7 Å². The Bertz CT molecular complexity index is 703. The SMILES string of the molecule is O=[N+]([O-])c1ccc(N/N=C/c2c(Cl)ccc(Cl)c2Cl)cc1. The number of hydrogen-bond donors (Lipinski definition) is 1. The van der Waals surface area contributed by atoms with Crippen molar-refractivity contribution in [1.29, 1.82) is 0 Å². The van der Waals surface area contributed by atoms with Gasteiger partial charge in [-0.05, 0) is 24.3 Å². The normalized spacial score (nSPS) is 10.8. The van der Waals surface area contributed by atoms with Crippen molar-refractivity contribution >= 4 is 52.4 Å². The molecular formula is C13H8Cl3N3O2. The van der Waals surface area contributed by atoms with Crippen LogP contribution in [0.1, 0.15) is 5.56 Å². The van der Waals surface area contributed by atoms with E-state index in [1.54, 1.807) is 12.1 Å². The van der Waals surface area contributed by atoms with Gasteiger partial charge < -0.3 is 0 Å².